The fourth-order valence-electron chi connectivity index (χ4n) is 2.00. The Bertz CT molecular complexity index is 870. The molecule has 14 heteroatoms. The van der Waals surface area contributed by atoms with E-state index in [2.05, 4.69) is 10.3 Å². The van der Waals surface area contributed by atoms with Crippen molar-refractivity contribution in [2.45, 2.75) is 12.8 Å². The van der Waals surface area contributed by atoms with Crippen molar-refractivity contribution in [3.05, 3.63) is 50.7 Å². The second-order valence-corrected chi connectivity index (χ2v) is 6.89. The summed E-state index contributed by atoms with van der Waals surface area (Å²) in [5.41, 5.74) is 0.0530. The van der Waals surface area contributed by atoms with Crippen molar-refractivity contribution in [3.8, 4) is 0 Å². The third-order valence-electron chi connectivity index (χ3n) is 3.21. The number of anilines is 2. The Hall–Kier alpha value is -2.97. The number of amides is 1. The number of rotatable bonds is 9. The minimum Gasteiger partial charge on any atom is -0.755 e. The molecular formula is C13H12N5O7S2-. The van der Waals surface area contributed by atoms with Crippen LogP contribution in [0, 0.1) is 20.2 Å². The predicted molar refractivity (Wildman–Crippen MR) is 96.0 cm³/mol. The summed E-state index contributed by atoms with van der Waals surface area (Å²) in [5.74, 6) is -0.473. The number of aromatic nitrogens is 1. The molecule has 1 heterocycles. The Morgan fingerprint density at radius 3 is 2.41 bits per heavy atom. The van der Waals surface area contributed by atoms with E-state index in [9.17, 15) is 33.8 Å². The first kappa shape index (κ1) is 20.3. The lowest BCUT2D eigenvalue weighted by molar-refractivity contribution is -0.384. The van der Waals surface area contributed by atoms with E-state index in [-0.39, 0.29) is 40.9 Å². The lowest BCUT2D eigenvalue weighted by atomic mass is 10.2. The summed E-state index contributed by atoms with van der Waals surface area (Å²) in [6, 6.07) is 4.94. The van der Waals surface area contributed by atoms with Crippen molar-refractivity contribution in [1.29, 1.82) is 0 Å². The van der Waals surface area contributed by atoms with E-state index in [0.717, 1.165) is 10.5 Å². The first-order valence-electron chi connectivity index (χ1n) is 7.29. The summed E-state index contributed by atoms with van der Waals surface area (Å²) in [5, 5.41) is 23.5. The van der Waals surface area contributed by atoms with Crippen molar-refractivity contribution >= 4 is 50.0 Å². The third kappa shape index (κ3) is 5.77. The van der Waals surface area contributed by atoms with E-state index >= 15 is 0 Å². The van der Waals surface area contributed by atoms with Crippen molar-refractivity contribution < 1.29 is 23.4 Å². The highest BCUT2D eigenvalue weighted by atomic mass is 32.2. The van der Waals surface area contributed by atoms with Gasteiger partial charge in [0.25, 0.3) is 5.69 Å². The molecule has 0 aliphatic heterocycles. The number of non-ortho nitro benzene ring substituents is 1. The fraction of sp³-hybridized carbons (Fsp3) is 0.231. The Kier molecular flexibility index (Phi) is 6.86. The number of thiazole rings is 1. The van der Waals surface area contributed by atoms with Gasteiger partial charge in [0, 0.05) is 42.1 Å². The van der Waals surface area contributed by atoms with Crippen molar-refractivity contribution in [2.24, 2.45) is 0 Å². The van der Waals surface area contributed by atoms with Crippen LogP contribution < -0.4 is 9.62 Å². The number of nitrogens with zero attached hydrogens (tertiary/aromatic N) is 4. The van der Waals surface area contributed by atoms with Gasteiger partial charge in [0.1, 0.15) is 6.20 Å². The van der Waals surface area contributed by atoms with Crippen LogP contribution in [0.5, 0.6) is 0 Å². The van der Waals surface area contributed by atoms with E-state index in [1.807, 2.05) is 0 Å². The number of hydrogen-bond donors (Lipinski definition) is 1. The molecule has 12 nitrogen and oxygen atoms in total. The monoisotopic (exact) mass is 414 g/mol. The molecule has 0 bridgehead atoms. The van der Waals surface area contributed by atoms with Crippen molar-refractivity contribution in [3.63, 3.8) is 0 Å². The molecule has 0 aliphatic carbocycles. The minimum atomic E-state index is -2.63. The number of nitrogens with one attached hydrogen (secondary N) is 1. The van der Waals surface area contributed by atoms with E-state index in [4.69, 9.17) is 0 Å². The number of benzene rings is 1. The molecule has 0 aliphatic rings. The van der Waals surface area contributed by atoms with E-state index in [0.29, 0.717) is 11.3 Å². The Morgan fingerprint density at radius 1 is 1.22 bits per heavy atom. The summed E-state index contributed by atoms with van der Waals surface area (Å²) in [4.78, 5) is 35.5. The van der Waals surface area contributed by atoms with Crippen LogP contribution in [0.1, 0.15) is 12.8 Å². The van der Waals surface area contributed by atoms with Gasteiger partial charge in [-0.2, -0.15) is 0 Å². The molecule has 0 saturated carbocycles. The maximum absolute atomic E-state index is 11.8. The molecule has 0 spiro atoms. The van der Waals surface area contributed by atoms with Gasteiger partial charge in [-0.25, -0.2) is 4.98 Å². The highest BCUT2D eigenvalue weighted by Gasteiger charge is 2.14. The second kappa shape index (κ2) is 9.11. The van der Waals surface area contributed by atoms with Crippen molar-refractivity contribution in [2.75, 3.05) is 16.2 Å². The average molecular weight is 414 g/mol. The lowest BCUT2D eigenvalue weighted by Crippen LogP contribution is -2.27. The molecule has 0 saturated heterocycles. The molecule has 0 fully saturated rings. The van der Waals surface area contributed by atoms with Crippen molar-refractivity contribution in [1.82, 2.24) is 4.98 Å². The minimum absolute atomic E-state index is 0.0284. The zero-order valence-electron chi connectivity index (χ0n) is 13.5. The number of hydrogen-bond acceptors (Lipinski definition) is 9. The van der Waals surface area contributed by atoms with Crippen LogP contribution in [0.4, 0.5) is 21.5 Å². The first-order chi connectivity index (χ1) is 12.8. The fourth-order valence-corrected chi connectivity index (χ4v) is 3.22. The second-order valence-electron chi connectivity index (χ2n) is 5.01. The SMILES string of the molecule is O=C(CCCN(c1ccc([N+](=O)[O-])cc1)S(=O)[O-])Nc1ncc([N+](=O)[O-])s1. The van der Waals surface area contributed by atoms with Crippen LogP contribution in [0.2, 0.25) is 0 Å². The molecule has 1 aromatic heterocycles. The van der Waals surface area contributed by atoms with Gasteiger partial charge >= 0.3 is 5.00 Å². The number of carbonyl (C=O) groups is 1. The van der Waals surface area contributed by atoms with Crippen LogP contribution in [-0.4, -0.2) is 36.0 Å². The molecule has 1 atom stereocenters. The van der Waals surface area contributed by atoms with Crippen LogP contribution in [0.25, 0.3) is 0 Å². The van der Waals surface area contributed by atoms with Gasteiger partial charge in [0.05, 0.1) is 9.85 Å². The van der Waals surface area contributed by atoms with Crippen LogP contribution in [-0.2, 0) is 16.1 Å². The highest BCUT2D eigenvalue weighted by Crippen LogP contribution is 2.25. The predicted octanol–water partition coefficient (Wildman–Crippen LogP) is 1.98. The maximum atomic E-state index is 11.8. The van der Waals surface area contributed by atoms with Crippen LogP contribution >= 0.6 is 11.3 Å². The standard InChI is InChI=1S/C13H13N5O7S2/c19-11(15-13-14-8-12(26-13)18(22)23)2-1-7-16(27(24)25)9-3-5-10(6-4-9)17(20)21/h3-6,8H,1-2,7H2,(H,24,25)(H,14,15,19)/p-1. The quantitative estimate of drug-likeness (QED) is 0.368. The molecule has 1 unspecified atom stereocenters. The molecule has 0 radical (unpaired) electrons. The number of nitro groups is 2. The molecule has 144 valence electrons. The smallest absolute Gasteiger partial charge is 0.345 e. The maximum Gasteiger partial charge on any atom is 0.345 e. The van der Waals surface area contributed by atoms with Crippen LogP contribution in [0.15, 0.2) is 30.5 Å². The molecule has 1 N–H and O–H groups in total. The van der Waals surface area contributed by atoms with Gasteiger partial charge in [-0.15, -0.1) is 0 Å². The van der Waals surface area contributed by atoms with Gasteiger partial charge in [0.15, 0.2) is 5.13 Å². The summed E-state index contributed by atoms with van der Waals surface area (Å²) in [7, 11) is 0. The molecule has 1 aromatic carbocycles. The van der Waals surface area contributed by atoms with Gasteiger partial charge < -0.3 is 14.2 Å². The molecular weight excluding hydrogens is 402 g/mol. The third-order valence-corrected chi connectivity index (χ3v) is 4.83. The van der Waals surface area contributed by atoms with E-state index in [1.54, 1.807) is 0 Å². The lowest BCUT2D eigenvalue weighted by Gasteiger charge is -2.26. The van der Waals surface area contributed by atoms with Gasteiger partial charge in [0.2, 0.25) is 5.91 Å². The van der Waals surface area contributed by atoms with Gasteiger partial charge in [-0.3, -0.25) is 29.2 Å². The molecule has 27 heavy (non-hydrogen) atoms. The number of nitro benzene ring substituents is 1. The Labute approximate surface area is 158 Å². The summed E-state index contributed by atoms with van der Waals surface area (Å²) >= 11 is -1.92. The van der Waals surface area contributed by atoms with E-state index in [1.165, 1.54) is 24.3 Å². The highest BCUT2D eigenvalue weighted by molar-refractivity contribution is 7.80. The topological polar surface area (TPSA) is 172 Å². The van der Waals surface area contributed by atoms with Gasteiger partial charge in [-0.1, -0.05) is 0 Å². The molecule has 2 rings (SSSR count). The Balaban J connectivity index is 1.89. The van der Waals surface area contributed by atoms with Crippen LogP contribution in [0.3, 0.4) is 0 Å². The zero-order valence-corrected chi connectivity index (χ0v) is 15.1. The molecule has 1 amide bonds. The Morgan fingerprint density at radius 2 is 1.89 bits per heavy atom. The largest absolute Gasteiger partial charge is 0.755 e. The normalized spacial score (nSPS) is 11.6. The zero-order chi connectivity index (χ0) is 20.0. The summed E-state index contributed by atoms with van der Waals surface area (Å²) in [6.45, 7) is -0.0284. The van der Waals surface area contributed by atoms with E-state index < -0.39 is 27.0 Å². The first-order valence-corrected chi connectivity index (χ1v) is 9.14. The molecule has 2 aromatic rings. The average Bonchev–Trinajstić information content (AvgIpc) is 3.07. The summed E-state index contributed by atoms with van der Waals surface area (Å²) < 4.78 is 23.7. The van der Waals surface area contributed by atoms with Gasteiger partial charge in [-0.05, 0) is 29.9 Å². The number of carbonyl (C=O) groups excluding carboxylic acids is 1. The summed E-state index contributed by atoms with van der Waals surface area (Å²) in [6.07, 6.45) is 1.13.